The zero-order valence-corrected chi connectivity index (χ0v) is 12.6. The minimum Gasteiger partial charge on any atom is -0.399 e. The molecule has 2 bridgehead atoms. The Kier molecular flexibility index (Phi) is 3.50. The first-order valence-corrected chi connectivity index (χ1v) is 8.82. The molecule has 5 heteroatoms. The Morgan fingerprint density at radius 1 is 1.20 bits per heavy atom. The highest BCUT2D eigenvalue weighted by Crippen LogP contribution is 2.49. The summed E-state index contributed by atoms with van der Waals surface area (Å²) < 4.78 is 27.6. The quantitative estimate of drug-likeness (QED) is 0.837. The highest BCUT2D eigenvalue weighted by Gasteiger charge is 2.42. The van der Waals surface area contributed by atoms with E-state index in [9.17, 15) is 8.42 Å². The van der Waals surface area contributed by atoms with Crippen LogP contribution >= 0.6 is 0 Å². The Bertz CT molecular complexity index is 582. The zero-order chi connectivity index (χ0) is 14.3. The van der Waals surface area contributed by atoms with Gasteiger partial charge in [-0.1, -0.05) is 6.42 Å². The number of hydrogen-bond donors (Lipinski definition) is 2. The van der Waals surface area contributed by atoms with Crippen molar-refractivity contribution in [3.8, 4) is 0 Å². The van der Waals surface area contributed by atoms with Gasteiger partial charge in [-0.2, -0.15) is 0 Å². The van der Waals surface area contributed by atoms with Crippen molar-refractivity contribution in [2.45, 2.75) is 43.5 Å². The summed E-state index contributed by atoms with van der Waals surface area (Å²) in [4.78, 5) is 0.293. The molecule has 3 rings (SSSR count). The van der Waals surface area contributed by atoms with Gasteiger partial charge < -0.3 is 5.73 Å². The van der Waals surface area contributed by atoms with Crippen LogP contribution in [-0.2, 0) is 10.0 Å². The van der Waals surface area contributed by atoms with Gasteiger partial charge in [-0.05, 0) is 68.2 Å². The van der Waals surface area contributed by atoms with Crippen molar-refractivity contribution in [1.82, 2.24) is 4.72 Å². The lowest BCUT2D eigenvalue weighted by Crippen LogP contribution is -2.40. The summed E-state index contributed by atoms with van der Waals surface area (Å²) in [5, 5.41) is 0. The average molecular weight is 294 g/mol. The van der Waals surface area contributed by atoms with Crippen LogP contribution in [0.25, 0.3) is 0 Å². The molecule has 2 aliphatic rings. The van der Waals surface area contributed by atoms with E-state index in [1.807, 2.05) is 6.92 Å². The Morgan fingerprint density at radius 3 is 2.45 bits per heavy atom. The van der Waals surface area contributed by atoms with Gasteiger partial charge in [-0.3, -0.25) is 0 Å². The SMILES string of the molecule is C[C@H](NS(=O)(=O)c1ccc(N)cc1)[C@H]1C[C@@H]2CC[C@@H]1C2. The van der Waals surface area contributed by atoms with Crippen LogP contribution in [0.4, 0.5) is 5.69 Å². The van der Waals surface area contributed by atoms with Gasteiger partial charge in [-0.25, -0.2) is 13.1 Å². The van der Waals surface area contributed by atoms with Crippen molar-refractivity contribution in [2.75, 3.05) is 5.73 Å². The third-order valence-corrected chi connectivity index (χ3v) is 6.54. The van der Waals surface area contributed by atoms with E-state index in [-0.39, 0.29) is 6.04 Å². The van der Waals surface area contributed by atoms with E-state index in [0.717, 1.165) is 5.92 Å². The summed E-state index contributed by atoms with van der Waals surface area (Å²) in [6.07, 6.45) is 5.07. The molecule has 2 aliphatic carbocycles. The lowest BCUT2D eigenvalue weighted by molar-refractivity contribution is 0.280. The Balaban J connectivity index is 1.71. The first-order valence-electron chi connectivity index (χ1n) is 7.33. The molecule has 0 radical (unpaired) electrons. The fraction of sp³-hybridized carbons (Fsp3) is 0.600. The minimum atomic E-state index is -3.44. The molecular weight excluding hydrogens is 272 g/mol. The standard InChI is InChI=1S/C15H22N2O2S/c1-10(15-9-11-2-3-12(15)8-11)17-20(18,19)14-6-4-13(16)5-7-14/h4-7,10-12,15,17H,2-3,8-9,16H2,1H3/t10-,11+,12+,15+/m0/s1. The molecule has 0 aliphatic heterocycles. The molecule has 1 aromatic rings. The number of benzene rings is 1. The Hall–Kier alpha value is -1.07. The Labute approximate surface area is 120 Å². The van der Waals surface area contributed by atoms with E-state index < -0.39 is 10.0 Å². The largest absolute Gasteiger partial charge is 0.399 e. The van der Waals surface area contributed by atoms with Crippen molar-refractivity contribution in [1.29, 1.82) is 0 Å². The molecule has 0 heterocycles. The summed E-state index contributed by atoms with van der Waals surface area (Å²) in [6, 6.07) is 6.37. The molecular formula is C15H22N2O2S. The van der Waals surface area contributed by atoms with Gasteiger partial charge in [0.2, 0.25) is 10.0 Å². The molecule has 1 aromatic carbocycles. The third kappa shape index (κ3) is 2.56. The average Bonchev–Trinajstić information content (AvgIpc) is 3.01. The second kappa shape index (κ2) is 5.04. The first-order chi connectivity index (χ1) is 9.45. The highest BCUT2D eigenvalue weighted by atomic mass is 32.2. The second-order valence-corrected chi connectivity index (χ2v) is 8.03. The fourth-order valence-corrected chi connectivity index (χ4v) is 5.25. The van der Waals surface area contributed by atoms with Gasteiger partial charge >= 0.3 is 0 Å². The predicted molar refractivity (Wildman–Crippen MR) is 79.6 cm³/mol. The van der Waals surface area contributed by atoms with Gasteiger partial charge in [0.25, 0.3) is 0 Å². The maximum absolute atomic E-state index is 12.4. The molecule has 0 aromatic heterocycles. The molecule has 2 saturated carbocycles. The summed E-state index contributed by atoms with van der Waals surface area (Å²) in [5.74, 6) is 2.04. The van der Waals surface area contributed by atoms with Crippen molar-refractivity contribution in [3.63, 3.8) is 0 Å². The molecule has 3 N–H and O–H groups in total. The molecule has 20 heavy (non-hydrogen) atoms. The number of nitrogens with two attached hydrogens (primary N) is 1. The summed E-state index contributed by atoms with van der Waals surface area (Å²) in [6.45, 7) is 2.00. The van der Waals surface area contributed by atoms with E-state index in [4.69, 9.17) is 5.73 Å². The maximum Gasteiger partial charge on any atom is 0.240 e. The van der Waals surface area contributed by atoms with Gasteiger partial charge in [0, 0.05) is 11.7 Å². The van der Waals surface area contributed by atoms with Crippen molar-refractivity contribution in [3.05, 3.63) is 24.3 Å². The molecule has 4 nitrogen and oxygen atoms in total. The number of anilines is 1. The van der Waals surface area contributed by atoms with Crippen LogP contribution in [0, 0.1) is 17.8 Å². The van der Waals surface area contributed by atoms with Gasteiger partial charge in [0.1, 0.15) is 0 Å². The number of nitrogens with one attached hydrogen (secondary N) is 1. The van der Waals surface area contributed by atoms with Crippen molar-refractivity contribution < 1.29 is 8.42 Å². The highest BCUT2D eigenvalue weighted by molar-refractivity contribution is 7.89. The number of sulfonamides is 1. The first kappa shape index (κ1) is 13.9. The predicted octanol–water partition coefficient (Wildman–Crippen LogP) is 2.37. The molecule has 0 amide bonds. The van der Waals surface area contributed by atoms with Crippen LogP contribution in [0.2, 0.25) is 0 Å². The van der Waals surface area contributed by atoms with Crippen LogP contribution in [0.15, 0.2) is 29.2 Å². The van der Waals surface area contributed by atoms with E-state index in [0.29, 0.717) is 22.4 Å². The molecule has 2 fully saturated rings. The fourth-order valence-electron chi connectivity index (χ4n) is 3.95. The van der Waals surface area contributed by atoms with Crippen LogP contribution < -0.4 is 10.5 Å². The number of rotatable bonds is 4. The van der Waals surface area contributed by atoms with Crippen LogP contribution in [0.5, 0.6) is 0 Å². The Morgan fingerprint density at radius 2 is 1.90 bits per heavy atom. The lowest BCUT2D eigenvalue weighted by atomic mass is 9.84. The zero-order valence-electron chi connectivity index (χ0n) is 11.7. The summed E-state index contributed by atoms with van der Waals surface area (Å²) in [7, 11) is -3.44. The molecule has 0 spiro atoms. The van der Waals surface area contributed by atoms with E-state index in [1.165, 1.54) is 25.7 Å². The lowest BCUT2D eigenvalue weighted by Gasteiger charge is -2.28. The normalized spacial score (nSPS) is 30.6. The van der Waals surface area contributed by atoms with Gasteiger partial charge in [-0.15, -0.1) is 0 Å². The van der Waals surface area contributed by atoms with E-state index >= 15 is 0 Å². The smallest absolute Gasteiger partial charge is 0.240 e. The van der Waals surface area contributed by atoms with Crippen molar-refractivity contribution in [2.24, 2.45) is 17.8 Å². The van der Waals surface area contributed by atoms with E-state index in [1.54, 1.807) is 24.3 Å². The second-order valence-electron chi connectivity index (χ2n) is 6.32. The van der Waals surface area contributed by atoms with Crippen LogP contribution in [0.3, 0.4) is 0 Å². The topological polar surface area (TPSA) is 72.2 Å². The van der Waals surface area contributed by atoms with E-state index in [2.05, 4.69) is 4.72 Å². The van der Waals surface area contributed by atoms with Gasteiger partial charge in [0.15, 0.2) is 0 Å². The summed E-state index contributed by atoms with van der Waals surface area (Å²) in [5.41, 5.74) is 6.17. The number of hydrogen-bond acceptors (Lipinski definition) is 3. The molecule has 110 valence electrons. The van der Waals surface area contributed by atoms with Crippen molar-refractivity contribution >= 4 is 15.7 Å². The van der Waals surface area contributed by atoms with Crippen LogP contribution in [0.1, 0.15) is 32.6 Å². The summed E-state index contributed by atoms with van der Waals surface area (Å²) >= 11 is 0. The number of fused-ring (bicyclic) bond motifs is 2. The third-order valence-electron chi connectivity index (χ3n) is 4.97. The minimum absolute atomic E-state index is 0.00727. The molecule has 0 unspecified atom stereocenters. The van der Waals surface area contributed by atoms with Crippen LogP contribution in [-0.4, -0.2) is 14.5 Å². The van der Waals surface area contributed by atoms with Gasteiger partial charge in [0.05, 0.1) is 4.90 Å². The molecule has 0 saturated heterocycles. The monoisotopic (exact) mass is 294 g/mol. The number of nitrogen functional groups attached to an aromatic ring is 1. The maximum atomic E-state index is 12.4. The molecule has 4 atom stereocenters.